The molecule has 1 aromatic heterocycles. The van der Waals surface area contributed by atoms with Crippen LogP contribution < -0.4 is 9.42 Å². The lowest BCUT2D eigenvalue weighted by molar-refractivity contribution is -0.651. The van der Waals surface area contributed by atoms with Crippen molar-refractivity contribution in [1.29, 1.82) is 0 Å². The summed E-state index contributed by atoms with van der Waals surface area (Å²) in [7, 11) is 0. The van der Waals surface area contributed by atoms with Crippen LogP contribution in [0.4, 0.5) is 0 Å². The predicted octanol–water partition coefficient (Wildman–Crippen LogP) is 0.890. The summed E-state index contributed by atoms with van der Waals surface area (Å²) in [5.74, 6) is -0.345. The van der Waals surface area contributed by atoms with Crippen LogP contribution in [0, 0.1) is 0 Å². The van der Waals surface area contributed by atoms with E-state index in [4.69, 9.17) is 4.74 Å². The summed E-state index contributed by atoms with van der Waals surface area (Å²) >= 11 is 1.01. The first-order valence-electron chi connectivity index (χ1n) is 5.08. The van der Waals surface area contributed by atoms with Crippen molar-refractivity contribution in [3.05, 3.63) is 45.6 Å². The lowest BCUT2D eigenvalue weighted by Crippen LogP contribution is -2.31. The summed E-state index contributed by atoms with van der Waals surface area (Å²) in [4.78, 5) is 22.4. The fraction of sp³-hybridized carbons (Fsp3) is 0.182. The number of H-pyrrole nitrogens is 1. The highest BCUT2D eigenvalue weighted by atomic mass is 32.1. The number of nitrogens with one attached hydrogen (secondary N) is 1. The molecule has 2 aromatic rings. The Balaban J connectivity index is 2.24. The van der Waals surface area contributed by atoms with Crippen LogP contribution >= 0.6 is 11.5 Å². The molecule has 1 heterocycles. The van der Waals surface area contributed by atoms with E-state index in [9.17, 15) is 9.59 Å². The summed E-state index contributed by atoms with van der Waals surface area (Å²) in [6, 6.07) is 6.82. The van der Waals surface area contributed by atoms with Crippen molar-refractivity contribution in [2.75, 3.05) is 6.61 Å². The van der Waals surface area contributed by atoms with Gasteiger partial charge in [0.15, 0.2) is 0 Å². The number of nitrogens with zero attached hydrogens (tertiary/aromatic N) is 1. The van der Waals surface area contributed by atoms with Gasteiger partial charge in [-0.3, -0.25) is 4.79 Å². The number of hydrogen-bond acceptors (Lipinski definition) is 4. The van der Waals surface area contributed by atoms with Crippen LogP contribution in [0.2, 0.25) is 0 Å². The number of benzene rings is 1. The summed E-state index contributed by atoms with van der Waals surface area (Å²) < 4.78 is 9.24. The number of aromatic amines is 1. The Hall–Kier alpha value is -1.95. The molecule has 0 bridgehead atoms. The third kappa shape index (κ3) is 2.59. The molecule has 0 amide bonds. The van der Waals surface area contributed by atoms with Gasteiger partial charge in [-0.25, -0.2) is 4.79 Å². The van der Waals surface area contributed by atoms with E-state index in [2.05, 4.69) is 4.49 Å². The van der Waals surface area contributed by atoms with Crippen LogP contribution in [0.25, 0.3) is 5.69 Å². The highest BCUT2D eigenvalue weighted by Gasteiger charge is 2.11. The number of esters is 1. The minimum atomic E-state index is -0.345. The average molecular weight is 251 g/mol. The van der Waals surface area contributed by atoms with E-state index in [0.29, 0.717) is 12.2 Å². The zero-order valence-corrected chi connectivity index (χ0v) is 9.99. The van der Waals surface area contributed by atoms with Crippen molar-refractivity contribution in [3.63, 3.8) is 0 Å². The molecule has 2 rings (SSSR count). The van der Waals surface area contributed by atoms with Crippen LogP contribution in [-0.4, -0.2) is 17.1 Å². The highest BCUT2D eigenvalue weighted by molar-refractivity contribution is 7.02. The van der Waals surface area contributed by atoms with E-state index in [1.807, 2.05) is 0 Å². The van der Waals surface area contributed by atoms with E-state index < -0.39 is 0 Å². The molecular formula is C11H11N2O3S+. The van der Waals surface area contributed by atoms with E-state index in [1.54, 1.807) is 35.9 Å². The molecule has 0 saturated carbocycles. The summed E-state index contributed by atoms with van der Waals surface area (Å²) in [6.07, 6.45) is 1.45. The summed E-state index contributed by atoms with van der Waals surface area (Å²) in [5.41, 5.74) is 1.28. The fourth-order valence-corrected chi connectivity index (χ4v) is 1.86. The number of hydrogen-bond donors (Lipinski definition) is 1. The minimum absolute atomic E-state index is 0.0560. The summed E-state index contributed by atoms with van der Waals surface area (Å²) in [5, 5.41) is 0. The Bertz CT molecular complexity index is 571. The number of rotatable bonds is 3. The molecule has 0 radical (unpaired) electrons. The van der Waals surface area contributed by atoms with Crippen LogP contribution in [0.5, 0.6) is 0 Å². The number of aromatic nitrogens is 2. The number of carbonyl (C=O) groups excluding carboxylic acids is 1. The molecule has 0 fully saturated rings. The normalized spacial score (nSPS) is 10.2. The Kier molecular flexibility index (Phi) is 3.34. The standard InChI is InChI=1S/C11H10N2O3S/c1-2-16-11(15)8-3-5-9(6-4-8)13-7-10(14)17-12-13/h3-7H,2H2,1H3/p+1. The van der Waals surface area contributed by atoms with Crippen molar-refractivity contribution < 1.29 is 14.2 Å². The molecule has 5 nitrogen and oxygen atoms in total. The second-order valence-corrected chi connectivity index (χ2v) is 4.07. The van der Waals surface area contributed by atoms with Gasteiger partial charge >= 0.3 is 10.7 Å². The second-order valence-electron chi connectivity index (χ2n) is 3.28. The van der Waals surface area contributed by atoms with Gasteiger partial charge in [0.25, 0.3) is 6.20 Å². The zero-order valence-electron chi connectivity index (χ0n) is 9.17. The third-order valence-corrected chi connectivity index (χ3v) is 2.73. The molecular weight excluding hydrogens is 240 g/mol. The van der Waals surface area contributed by atoms with E-state index >= 15 is 0 Å². The van der Waals surface area contributed by atoms with Crippen LogP contribution in [0.1, 0.15) is 17.3 Å². The van der Waals surface area contributed by atoms with Gasteiger partial charge in [-0.2, -0.15) is 0 Å². The molecule has 0 aliphatic carbocycles. The van der Waals surface area contributed by atoms with Gasteiger partial charge in [-0.15, -0.1) is 4.49 Å². The van der Waals surface area contributed by atoms with Gasteiger partial charge < -0.3 is 4.74 Å². The van der Waals surface area contributed by atoms with Crippen LogP contribution in [0.3, 0.4) is 0 Å². The van der Waals surface area contributed by atoms with Crippen molar-refractivity contribution in [2.45, 2.75) is 6.92 Å². The van der Waals surface area contributed by atoms with Crippen molar-refractivity contribution in [3.8, 4) is 5.69 Å². The van der Waals surface area contributed by atoms with Crippen molar-refractivity contribution in [1.82, 2.24) is 4.49 Å². The number of ether oxygens (including phenoxy) is 1. The average Bonchev–Trinajstić information content (AvgIpc) is 2.76. The summed E-state index contributed by atoms with van der Waals surface area (Å²) in [6.45, 7) is 2.12. The van der Waals surface area contributed by atoms with Gasteiger partial charge in [-0.05, 0) is 19.1 Å². The largest absolute Gasteiger partial charge is 0.462 e. The first-order chi connectivity index (χ1) is 8.20. The molecule has 1 N–H and O–H groups in total. The number of carbonyl (C=O) groups is 1. The van der Waals surface area contributed by atoms with E-state index in [1.165, 1.54) is 6.20 Å². The zero-order chi connectivity index (χ0) is 12.3. The van der Waals surface area contributed by atoms with Gasteiger partial charge in [0.2, 0.25) is 5.69 Å². The van der Waals surface area contributed by atoms with E-state index in [0.717, 1.165) is 17.2 Å². The lowest BCUT2D eigenvalue weighted by Gasteiger charge is -2.00. The molecule has 0 aliphatic rings. The molecule has 1 aromatic carbocycles. The molecule has 17 heavy (non-hydrogen) atoms. The quantitative estimate of drug-likeness (QED) is 0.651. The minimum Gasteiger partial charge on any atom is -0.462 e. The van der Waals surface area contributed by atoms with Crippen molar-refractivity contribution >= 4 is 17.5 Å². The molecule has 0 aliphatic heterocycles. The molecule has 0 unspecified atom stereocenters. The smallest absolute Gasteiger partial charge is 0.338 e. The monoisotopic (exact) mass is 251 g/mol. The Labute approximate surface area is 101 Å². The van der Waals surface area contributed by atoms with Gasteiger partial charge in [0, 0.05) is 23.7 Å². The molecule has 88 valence electrons. The molecule has 0 atom stereocenters. The maximum absolute atomic E-state index is 11.4. The maximum atomic E-state index is 11.4. The molecule has 0 saturated heterocycles. The van der Waals surface area contributed by atoms with E-state index in [-0.39, 0.29) is 10.7 Å². The topological polar surface area (TPSA) is 63.0 Å². The first kappa shape index (κ1) is 11.5. The van der Waals surface area contributed by atoms with Crippen LogP contribution in [0.15, 0.2) is 35.3 Å². The van der Waals surface area contributed by atoms with Gasteiger partial charge in [0.05, 0.1) is 12.2 Å². The van der Waals surface area contributed by atoms with Crippen molar-refractivity contribution in [2.24, 2.45) is 0 Å². The van der Waals surface area contributed by atoms with Gasteiger partial charge in [-0.1, -0.05) is 4.68 Å². The molecule has 6 heteroatoms. The Morgan fingerprint density at radius 2 is 2.12 bits per heavy atom. The maximum Gasteiger partial charge on any atom is 0.338 e. The van der Waals surface area contributed by atoms with Gasteiger partial charge in [0.1, 0.15) is 0 Å². The third-order valence-electron chi connectivity index (χ3n) is 2.14. The fourth-order valence-electron chi connectivity index (χ4n) is 1.35. The first-order valence-corrected chi connectivity index (χ1v) is 5.90. The highest BCUT2D eigenvalue weighted by Crippen LogP contribution is 2.05. The lowest BCUT2D eigenvalue weighted by atomic mass is 10.2. The SMILES string of the molecule is CCOC(=O)c1ccc(-[n+]2cc(=O)s[nH]2)cc1. The molecule has 0 spiro atoms. The van der Waals surface area contributed by atoms with Crippen LogP contribution in [-0.2, 0) is 4.74 Å². The Morgan fingerprint density at radius 3 is 2.65 bits per heavy atom. The predicted molar refractivity (Wildman–Crippen MR) is 62.4 cm³/mol. The Morgan fingerprint density at radius 1 is 1.41 bits per heavy atom. The second kappa shape index (κ2) is 4.92.